The van der Waals surface area contributed by atoms with Crippen molar-refractivity contribution in [2.24, 2.45) is 0 Å². The molecule has 0 aliphatic carbocycles. The lowest BCUT2D eigenvalue weighted by Gasteiger charge is -2.15. The average molecular weight is 374 g/mol. The number of thiophene rings is 1. The van der Waals surface area contributed by atoms with Gasteiger partial charge in [-0.15, -0.1) is 11.3 Å². The number of hydrogen-bond acceptors (Lipinski definition) is 4. The summed E-state index contributed by atoms with van der Waals surface area (Å²) in [5.41, 5.74) is 0.0251. The SMILES string of the molecule is CN(CCCC(=O)Nc1cc(F)cc(F)c1)S(=O)(=O)c1cccs1. The Hall–Kier alpha value is -1.84. The van der Waals surface area contributed by atoms with Crippen LogP contribution in [0.15, 0.2) is 39.9 Å². The second-order valence-electron chi connectivity index (χ2n) is 5.07. The quantitative estimate of drug-likeness (QED) is 0.810. The van der Waals surface area contributed by atoms with Crippen LogP contribution in [0.4, 0.5) is 14.5 Å². The van der Waals surface area contributed by atoms with Gasteiger partial charge in [-0.1, -0.05) is 6.07 Å². The summed E-state index contributed by atoms with van der Waals surface area (Å²) in [5, 5.41) is 4.05. The van der Waals surface area contributed by atoms with Gasteiger partial charge in [0.1, 0.15) is 15.8 Å². The molecular weight excluding hydrogens is 358 g/mol. The van der Waals surface area contributed by atoms with Crippen molar-refractivity contribution in [3.05, 3.63) is 47.3 Å². The number of rotatable bonds is 7. The summed E-state index contributed by atoms with van der Waals surface area (Å²) in [6, 6.07) is 5.89. The zero-order valence-corrected chi connectivity index (χ0v) is 14.5. The van der Waals surface area contributed by atoms with Gasteiger partial charge in [0.2, 0.25) is 5.91 Å². The Morgan fingerprint density at radius 2 is 1.92 bits per heavy atom. The monoisotopic (exact) mass is 374 g/mol. The van der Waals surface area contributed by atoms with Crippen molar-refractivity contribution in [3.8, 4) is 0 Å². The minimum atomic E-state index is -3.54. The van der Waals surface area contributed by atoms with Crippen LogP contribution >= 0.6 is 11.3 Å². The van der Waals surface area contributed by atoms with Crippen molar-refractivity contribution in [2.45, 2.75) is 17.1 Å². The summed E-state index contributed by atoms with van der Waals surface area (Å²) in [6.07, 6.45) is 0.313. The van der Waals surface area contributed by atoms with E-state index in [2.05, 4.69) is 5.32 Å². The Kier molecular flexibility index (Phi) is 6.03. The molecular formula is C15H16F2N2O3S2. The molecule has 1 N–H and O–H groups in total. The van der Waals surface area contributed by atoms with Crippen molar-refractivity contribution in [2.75, 3.05) is 18.9 Å². The largest absolute Gasteiger partial charge is 0.326 e. The Morgan fingerprint density at radius 3 is 2.50 bits per heavy atom. The number of nitrogens with one attached hydrogen (secondary N) is 1. The number of amides is 1. The van der Waals surface area contributed by atoms with E-state index in [4.69, 9.17) is 0 Å². The van der Waals surface area contributed by atoms with Gasteiger partial charge in [0.15, 0.2) is 0 Å². The molecule has 1 aromatic carbocycles. The molecule has 0 fully saturated rings. The van der Waals surface area contributed by atoms with Crippen molar-refractivity contribution >= 4 is 33.0 Å². The molecule has 0 aliphatic heterocycles. The van der Waals surface area contributed by atoms with Crippen LogP contribution in [0.1, 0.15) is 12.8 Å². The fourth-order valence-corrected chi connectivity index (χ4v) is 4.41. The van der Waals surface area contributed by atoms with Crippen molar-refractivity contribution in [1.29, 1.82) is 0 Å². The number of benzene rings is 1. The fraction of sp³-hybridized carbons (Fsp3) is 0.267. The maximum absolute atomic E-state index is 13.0. The first-order valence-corrected chi connectivity index (χ1v) is 9.37. The maximum Gasteiger partial charge on any atom is 0.252 e. The molecule has 1 heterocycles. The van der Waals surface area contributed by atoms with E-state index in [1.54, 1.807) is 11.4 Å². The van der Waals surface area contributed by atoms with Gasteiger partial charge in [-0.3, -0.25) is 4.79 Å². The second kappa shape index (κ2) is 7.82. The Morgan fingerprint density at radius 1 is 1.25 bits per heavy atom. The summed E-state index contributed by atoms with van der Waals surface area (Å²) in [7, 11) is -2.10. The highest BCUT2D eigenvalue weighted by Crippen LogP contribution is 2.20. The van der Waals surface area contributed by atoms with Crippen LogP contribution in [0.3, 0.4) is 0 Å². The molecule has 9 heteroatoms. The number of nitrogens with zero attached hydrogens (tertiary/aromatic N) is 1. The lowest BCUT2D eigenvalue weighted by Crippen LogP contribution is -2.28. The smallest absolute Gasteiger partial charge is 0.252 e. The predicted octanol–water partition coefficient (Wildman–Crippen LogP) is 3.07. The lowest BCUT2D eigenvalue weighted by molar-refractivity contribution is -0.116. The zero-order valence-electron chi connectivity index (χ0n) is 12.8. The first-order valence-electron chi connectivity index (χ1n) is 7.05. The van der Waals surface area contributed by atoms with Gasteiger partial charge in [0.05, 0.1) is 0 Å². The molecule has 0 bridgehead atoms. The minimum Gasteiger partial charge on any atom is -0.326 e. The number of hydrogen-bond donors (Lipinski definition) is 1. The highest BCUT2D eigenvalue weighted by molar-refractivity contribution is 7.91. The third-order valence-electron chi connectivity index (χ3n) is 3.18. The summed E-state index contributed by atoms with van der Waals surface area (Å²) in [4.78, 5) is 11.8. The summed E-state index contributed by atoms with van der Waals surface area (Å²) in [5.74, 6) is -2.01. The van der Waals surface area contributed by atoms with Crippen LogP contribution in [-0.4, -0.2) is 32.2 Å². The lowest BCUT2D eigenvalue weighted by atomic mass is 10.2. The molecule has 0 aliphatic rings. The van der Waals surface area contributed by atoms with Gasteiger partial charge in [-0.2, -0.15) is 0 Å². The second-order valence-corrected chi connectivity index (χ2v) is 8.29. The summed E-state index contributed by atoms with van der Waals surface area (Å²) < 4.78 is 51.9. The van der Waals surface area contributed by atoms with Crippen molar-refractivity contribution in [1.82, 2.24) is 4.31 Å². The van der Waals surface area contributed by atoms with Crippen LogP contribution in [0.5, 0.6) is 0 Å². The Labute approximate surface area is 143 Å². The van der Waals surface area contributed by atoms with Crippen LogP contribution in [0.25, 0.3) is 0 Å². The van der Waals surface area contributed by atoms with E-state index < -0.39 is 27.6 Å². The molecule has 0 saturated heterocycles. The Bertz CT molecular complexity index is 788. The Balaban J connectivity index is 1.84. The first kappa shape index (κ1) is 18.5. The fourth-order valence-electron chi connectivity index (χ4n) is 2.00. The molecule has 0 saturated carbocycles. The normalized spacial score (nSPS) is 11.7. The predicted molar refractivity (Wildman–Crippen MR) is 88.4 cm³/mol. The van der Waals surface area contributed by atoms with Crippen LogP contribution in [-0.2, 0) is 14.8 Å². The molecule has 2 aromatic rings. The number of halogens is 2. The van der Waals surface area contributed by atoms with E-state index in [0.29, 0.717) is 6.07 Å². The number of carbonyl (C=O) groups is 1. The highest BCUT2D eigenvalue weighted by atomic mass is 32.2. The van der Waals surface area contributed by atoms with Gasteiger partial charge in [0.25, 0.3) is 10.0 Å². The minimum absolute atomic E-state index is 0.0251. The first-order chi connectivity index (χ1) is 11.3. The molecule has 0 unspecified atom stereocenters. The van der Waals surface area contributed by atoms with Gasteiger partial charge in [-0.25, -0.2) is 21.5 Å². The van der Waals surface area contributed by atoms with E-state index in [1.807, 2.05) is 0 Å². The van der Waals surface area contributed by atoms with Gasteiger partial charge in [0, 0.05) is 31.8 Å². The van der Waals surface area contributed by atoms with E-state index >= 15 is 0 Å². The molecule has 5 nitrogen and oxygen atoms in total. The summed E-state index contributed by atoms with van der Waals surface area (Å²) in [6.45, 7) is 0.158. The standard InChI is InChI=1S/C15H16F2N2O3S2/c1-19(24(21,22)15-5-3-7-23-15)6-2-4-14(20)18-13-9-11(16)8-12(17)10-13/h3,5,7-10H,2,4,6H2,1H3,(H,18,20). The molecule has 24 heavy (non-hydrogen) atoms. The third-order valence-corrected chi connectivity index (χ3v) is 6.41. The molecule has 0 spiro atoms. The van der Waals surface area contributed by atoms with E-state index in [9.17, 15) is 22.0 Å². The average Bonchev–Trinajstić information content (AvgIpc) is 3.00. The number of sulfonamides is 1. The van der Waals surface area contributed by atoms with E-state index in [0.717, 1.165) is 23.5 Å². The van der Waals surface area contributed by atoms with Gasteiger partial charge in [-0.05, 0) is 30.0 Å². The van der Waals surface area contributed by atoms with Gasteiger partial charge >= 0.3 is 0 Å². The topological polar surface area (TPSA) is 66.5 Å². The third kappa shape index (κ3) is 4.83. The van der Waals surface area contributed by atoms with E-state index in [-0.39, 0.29) is 29.3 Å². The molecule has 2 rings (SSSR count). The molecule has 130 valence electrons. The molecule has 1 amide bonds. The molecule has 0 atom stereocenters. The molecule has 0 radical (unpaired) electrons. The highest BCUT2D eigenvalue weighted by Gasteiger charge is 2.21. The van der Waals surface area contributed by atoms with Crippen molar-refractivity contribution in [3.63, 3.8) is 0 Å². The maximum atomic E-state index is 13.0. The molecule has 1 aromatic heterocycles. The summed E-state index contributed by atoms with van der Waals surface area (Å²) >= 11 is 1.12. The van der Waals surface area contributed by atoms with Gasteiger partial charge < -0.3 is 5.32 Å². The van der Waals surface area contributed by atoms with E-state index in [1.165, 1.54) is 17.4 Å². The number of anilines is 1. The van der Waals surface area contributed by atoms with Crippen molar-refractivity contribution < 1.29 is 22.0 Å². The zero-order chi connectivity index (χ0) is 17.7. The van der Waals surface area contributed by atoms with Crippen LogP contribution in [0, 0.1) is 11.6 Å². The van der Waals surface area contributed by atoms with Crippen LogP contribution < -0.4 is 5.32 Å². The number of carbonyl (C=O) groups excluding carboxylic acids is 1. The van der Waals surface area contributed by atoms with Crippen LogP contribution in [0.2, 0.25) is 0 Å².